The van der Waals surface area contributed by atoms with E-state index in [1.165, 1.54) is 23.9 Å². The molecule has 0 aromatic heterocycles. The second kappa shape index (κ2) is 10.3. The first-order valence-corrected chi connectivity index (χ1v) is 11.0. The molecule has 0 radical (unpaired) electrons. The van der Waals surface area contributed by atoms with E-state index in [0.29, 0.717) is 5.69 Å². The van der Waals surface area contributed by atoms with Crippen molar-refractivity contribution in [1.29, 1.82) is 0 Å². The minimum atomic E-state index is -1.16. The van der Waals surface area contributed by atoms with E-state index in [2.05, 4.69) is 26.6 Å². The molecule has 0 aliphatic carbocycles. The summed E-state index contributed by atoms with van der Waals surface area (Å²) in [5.41, 5.74) is 1.28. The summed E-state index contributed by atoms with van der Waals surface area (Å²) in [7, 11) is 0. The van der Waals surface area contributed by atoms with Crippen LogP contribution in [0.1, 0.15) is 27.6 Å². The lowest BCUT2D eigenvalue weighted by atomic mass is 10.1. The molecule has 1 atom stereocenters. The molecule has 3 N–H and O–H groups in total. The number of carbonyl (C=O) groups excluding carboxylic acids is 2. The van der Waals surface area contributed by atoms with E-state index in [0.717, 1.165) is 15.1 Å². The van der Waals surface area contributed by atoms with Gasteiger partial charge in [-0.05, 0) is 67.6 Å². The molecule has 3 aromatic rings. The number of amides is 2. The van der Waals surface area contributed by atoms with Crippen molar-refractivity contribution in [2.75, 3.05) is 10.6 Å². The van der Waals surface area contributed by atoms with Gasteiger partial charge in [-0.25, -0.2) is 4.79 Å². The number of benzene rings is 3. The maximum Gasteiger partial charge on any atom is 0.336 e. The van der Waals surface area contributed by atoms with Gasteiger partial charge in [0.1, 0.15) is 0 Å². The van der Waals surface area contributed by atoms with Gasteiger partial charge in [0, 0.05) is 20.7 Å². The predicted molar refractivity (Wildman–Crippen MR) is 126 cm³/mol. The number of aromatic carboxylic acids is 1. The van der Waals surface area contributed by atoms with Crippen LogP contribution in [0.3, 0.4) is 0 Å². The van der Waals surface area contributed by atoms with E-state index in [1.54, 1.807) is 36.4 Å². The summed E-state index contributed by atoms with van der Waals surface area (Å²) >= 11 is 4.75. The Balaban J connectivity index is 1.60. The minimum absolute atomic E-state index is 0.0576. The number of carboxylic acid groups (broad SMARTS) is 1. The Morgan fingerprint density at radius 1 is 0.839 bits per heavy atom. The zero-order valence-corrected chi connectivity index (χ0v) is 18.9. The number of hydrogen-bond donors (Lipinski definition) is 3. The van der Waals surface area contributed by atoms with Crippen LogP contribution < -0.4 is 10.6 Å². The molecule has 2 amide bonds. The fourth-order valence-electron chi connectivity index (χ4n) is 2.72. The minimum Gasteiger partial charge on any atom is -0.478 e. The fourth-order valence-corrected chi connectivity index (χ4v) is 3.85. The van der Waals surface area contributed by atoms with E-state index in [9.17, 15) is 19.5 Å². The summed E-state index contributed by atoms with van der Waals surface area (Å²) in [4.78, 5) is 37.0. The molecule has 31 heavy (non-hydrogen) atoms. The van der Waals surface area contributed by atoms with Gasteiger partial charge in [0.05, 0.1) is 16.4 Å². The van der Waals surface area contributed by atoms with Crippen molar-refractivity contribution >= 4 is 56.9 Å². The summed E-state index contributed by atoms with van der Waals surface area (Å²) in [6.07, 6.45) is 0. The molecule has 0 heterocycles. The lowest BCUT2D eigenvalue weighted by Crippen LogP contribution is -2.22. The average molecular weight is 499 g/mol. The van der Waals surface area contributed by atoms with Gasteiger partial charge in [0.25, 0.3) is 5.91 Å². The molecule has 6 nitrogen and oxygen atoms in total. The van der Waals surface area contributed by atoms with E-state index in [4.69, 9.17) is 0 Å². The Hall–Kier alpha value is -3.10. The summed E-state index contributed by atoms with van der Waals surface area (Å²) in [6, 6.07) is 20.4. The Kier molecular flexibility index (Phi) is 7.49. The van der Waals surface area contributed by atoms with Crippen molar-refractivity contribution in [1.82, 2.24) is 0 Å². The number of carbonyl (C=O) groups is 3. The maximum atomic E-state index is 12.5. The van der Waals surface area contributed by atoms with Crippen LogP contribution in [0.4, 0.5) is 11.4 Å². The average Bonchev–Trinajstić information content (AvgIpc) is 2.76. The van der Waals surface area contributed by atoms with E-state index >= 15 is 0 Å². The van der Waals surface area contributed by atoms with Gasteiger partial charge in [0.15, 0.2) is 0 Å². The van der Waals surface area contributed by atoms with E-state index in [-0.39, 0.29) is 22.3 Å². The highest BCUT2D eigenvalue weighted by Gasteiger charge is 2.17. The van der Waals surface area contributed by atoms with Crippen LogP contribution in [0, 0.1) is 0 Å². The number of thioether (sulfide) groups is 1. The normalized spacial score (nSPS) is 11.4. The molecule has 0 saturated heterocycles. The molecule has 0 bridgehead atoms. The third-order valence-corrected chi connectivity index (χ3v) is 5.95. The molecule has 3 rings (SSSR count). The highest BCUT2D eigenvalue weighted by Crippen LogP contribution is 2.26. The molecular formula is C23H19BrN2O4S. The first kappa shape index (κ1) is 22.6. The molecule has 8 heteroatoms. The van der Waals surface area contributed by atoms with E-state index in [1.807, 2.05) is 31.2 Å². The molecule has 0 spiro atoms. The van der Waals surface area contributed by atoms with Crippen LogP contribution in [-0.4, -0.2) is 28.1 Å². The van der Waals surface area contributed by atoms with Gasteiger partial charge < -0.3 is 15.7 Å². The van der Waals surface area contributed by atoms with Crippen molar-refractivity contribution in [2.24, 2.45) is 0 Å². The number of halogens is 1. The Bertz CT molecular complexity index is 1100. The maximum absolute atomic E-state index is 12.5. The third kappa shape index (κ3) is 6.19. The van der Waals surface area contributed by atoms with Crippen LogP contribution in [-0.2, 0) is 4.79 Å². The zero-order chi connectivity index (χ0) is 22.4. The van der Waals surface area contributed by atoms with Crippen molar-refractivity contribution in [3.63, 3.8) is 0 Å². The molecule has 1 unspecified atom stereocenters. The Morgan fingerprint density at radius 2 is 1.39 bits per heavy atom. The quantitative estimate of drug-likeness (QED) is 0.372. The number of carboxylic acids is 1. The highest BCUT2D eigenvalue weighted by molar-refractivity contribution is 9.10. The smallest absolute Gasteiger partial charge is 0.336 e. The molecular weight excluding hydrogens is 480 g/mol. The van der Waals surface area contributed by atoms with Gasteiger partial charge in [-0.2, -0.15) is 0 Å². The summed E-state index contributed by atoms with van der Waals surface area (Å²) in [5, 5.41) is 14.5. The van der Waals surface area contributed by atoms with Gasteiger partial charge >= 0.3 is 5.97 Å². The number of nitrogens with one attached hydrogen (secondary N) is 2. The molecule has 3 aromatic carbocycles. The first-order chi connectivity index (χ1) is 14.8. The second-order valence-electron chi connectivity index (χ2n) is 6.59. The summed E-state index contributed by atoms with van der Waals surface area (Å²) in [5.74, 6) is -1.77. The topological polar surface area (TPSA) is 95.5 Å². The van der Waals surface area contributed by atoms with Gasteiger partial charge in [-0.3, -0.25) is 9.59 Å². The first-order valence-electron chi connectivity index (χ1n) is 9.30. The van der Waals surface area contributed by atoms with Crippen molar-refractivity contribution in [3.8, 4) is 0 Å². The van der Waals surface area contributed by atoms with Crippen LogP contribution in [0.2, 0.25) is 0 Å². The monoisotopic (exact) mass is 498 g/mol. The lowest BCUT2D eigenvalue weighted by Gasteiger charge is -2.13. The number of rotatable bonds is 7. The fraction of sp³-hybridized carbons (Fsp3) is 0.0870. The molecule has 158 valence electrons. The molecule has 0 saturated carbocycles. The Morgan fingerprint density at radius 3 is 2.00 bits per heavy atom. The highest BCUT2D eigenvalue weighted by atomic mass is 79.9. The van der Waals surface area contributed by atoms with Crippen molar-refractivity contribution < 1.29 is 19.5 Å². The summed E-state index contributed by atoms with van der Waals surface area (Å²) in [6.45, 7) is 1.82. The van der Waals surface area contributed by atoms with Crippen LogP contribution >= 0.6 is 27.7 Å². The standard InChI is InChI=1S/C23H19BrN2O4S/c1-14(21(27)25-16-8-6-15(24)7-9-16)31-18-12-10-17(11-13-18)26-22(28)19-4-2-3-5-20(19)23(29)30/h2-14H,1H3,(H,25,27)(H,26,28)(H,29,30). The number of anilines is 2. The van der Waals surface area contributed by atoms with Crippen LogP contribution in [0.15, 0.2) is 82.2 Å². The summed E-state index contributed by atoms with van der Waals surface area (Å²) < 4.78 is 0.937. The molecule has 0 aliphatic rings. The van der Waals surface area contributed by atoms with Gasteiger partial charge in [-0.15, -0.1) is 11.8 Å². The second-order valence-corrected chi connectivity index (χ2v) is 8.92. The molecule has 0 fully saturated rings. The van der Waals surface area contributed by atoms with E-state index < -0.39 is 11.9 Å². The largest absolute Gasteiger partial charge is 0.478 e. The number of hydrogen-bond acceptors (Lipinski definition) is 4. The SMILES string of the molecule is CC(Sc1ccc(NC(=O)c2ccccc2C(=O)O)cc1)C(=O)Nc1ccc(Br)cc1. The molecule has 0 aliphatic heterocycles. The van der Waals surface area contributed by atoms with Crippen LogP contribution in [0.25, 0.3) is 0 Å². The van der Waals surface area contributed by atoms with Crippen LogP contribution in [0.5, 0.6) is 0 Å². The van der Waals surface area contributed by atoms with Crippen molar-refractivity contribution in [3.05, 3.63) is 88.4 Å². The van der Waals surface area contributed by atoms with Gasteiger partial charge in [-0.1, -0.05) is 28.1 Å². The predicted octanol–water partition coefficient (Wildman–Crippen LogP) is 5.52. The third-order valence-electron chi connectivity index (χ3n) is 4.31. The Labute approximate surface area is 192 Å². The zero-order valence-electron chi connectivity index (χ0n) is 16.5. The lowest BCUT2D eigenvalue weighted by molar-refractivity contribution is -0.115. The van der Waals surface area contributed by atoms with Gasteiger partial charge in [0.2, 0.25) is 5.91 Å². The van der Waals surface area contributed by atoms with Crippen molar-refractivity contribution in [2.45, 2.75) is 17.1 Å².